The molecule has 7 heteroatoms. The van der Waals surface area contributed by atoms with Gasteiger partial charge < -0.3 is 11.1 Å². The van der Waals surface area contributed by atoms with Crippen LogP contribution in [0.4, 0.5) is 15.8 Å². The molecule has 0 atom stereocenters. The third-order valence-corrected chi connectivity index (χ3v) is 2.73. The molecule has 0 aliphatic carbocycles. The summed E-state index contributed by atoms with van der Waals surface area (Å²) in [6.45, 7) is 0.0250. The van der Waals surface area contributed by atoms with E-state index in [1.54, 1.807) is 12.4 Å². The largest absolute Gasteiger partial charge is 0.399 e. The molecule has 1 aromatic carbocycles. The number of rotatable bonds is 3. The molecule has 94 valence electrons. The summed E-state index contributed by atoms with van der Waals surface area (Å²) in [5.41, 5.74) is 5.98. The molecule has 1 aromatic heterocycles. The predicted octanol–water partition coefficient (Wildman–Crippen LogP) is 1.85. The number of nitrogens with one attached hydrogen (secondary N) is 1. The normalized spacial score (nSPS) is 10.3. The fraction of sp³-hybridized carbons (Fsp3) is 0.0909. The predicted molar refractivity (Wildman–Crippen MR) is 74.4 cm³/mol. The second-order valence-electron chi connectivity index (χ2n) is 3.64. The highest BCUT2D eigenvalue weighted by atomic mass is 127. The van der Waals surface area contributed by atoms with Gasteiger partial charge in [0, 0.05) is 11.9 Å². The molecular weight excluding hydrogens is 350 g/mol. The molecular formula is C11H10FIN4O. The highest BCUT2D eigenvalue weighted by molar-refractivity contribution is 14.1. The van der Waals surface area contributed by atoms with Gasteiger partial charge in [0.25, 0.3) is 0 Å². The molecule has 5 nitrogen and oxygen atoms in total. The average Bonchev–Trinajstić information content (AvgIpc) is 2.69. The van der Waals surface area contributed by atoms with Crippen LogP contribution in [0.2, 0.25) is 0 Å². The number of anilines is 2. The van der Waals surface area contributed by atoms with Crippen LogP contribution in [0.15, 0.2) is 30.6 Å². The molecule has 2 rings (SSSR count). The summed E-state index contributed by atoms with van der Waals surface area (Å²) in [4.78, 5) is 11.7. The average molecular weight is 360 g/mol. The van der Waals surface area contributed by atoms with Crippen molar-refractivity contribution in [3.63, 3.8) is 0 Å². The van der Waals surface area contributed by atoms with Crippen LogP contribution < -0.4 is 11.1 Å². The minimum absolute atomic E-state index is 0.0250. The molecule has 1 heterocycles. The molecule has 0 radical (unpaired) electrons. The van der Waals surface area contributed by atoms with Crippen LogP contribution in [0.25, 0.3) is 0 Å². The number of hydrogen-bond acceptors (Lipinski definition) is 3. The summed E-state index contributed by atoms with van der Waals surface area (Å²) < 4.78 is 15.8. The zero-order valence-corrected chi connectivity index (χ0v) is 11.4. The number of hydrogen-bond donors (Lipinski definition) is 2. The molecule has 0 unspecified atom stereocenters. The first-order chi connectivity index (χ1) is 8.54. The van der Waals surface area contributed by atoms with Crippen LogP contribution in [0, 0.1) is 9.39 Å². The Morgan fingerprint density at radius 2 is 2.33 bits per heavy atom. The Balaban J connectivity index is 2.05. The Hall–Kier alpha value is -1.64. The Morgan fingerprint density at radius 1 is 1.56 bits per heavy atom. The lowest BCUT2D eigenvalue weighted by atomic mass is 10.2. The van der Waals surface area contributed by atoms with Gasteiger partial charge in [-0.2, -0.15) is 5.10 Å². The molecule has 0 saturated heterocycles. The number of benzene rings is 1. The number of nitrogen functional groups attached to an aromatic ring is 1. The van der Waals surface area contributed by atoms with Gasteiger partial charge in [0.05, 0.1) is 15.5 Å². The van der Waals surface area contributed by atoms with Gasteiger partial charge >= 0.3 is 0 Å². The Labute approximate surface area is 116 Å². The molecule has 0 saturated carbocycles. The van der Waals surface area contributed by atoms with E-state index in [1.807, 2.05) is 0 Å². The van der Waals surface area contributed by atoms with Crippen molar-refractivity contribution < 1.29 is 9.18 Å². The number of amides is 1. The summed E-state index contributed by atoms with van der Waals surface area (Å²) in [6.07, 6.45) is 3.35. The zero-order valence-electron chi connectivity index (χ0n) is 9.23. The smallest absolute Gasteiger partial charge is 0.246 e. The first-order valence-electron chi connectivity index (χ1n) is 5.07. The molecule has 18 heavy (non-hydrogen) atoms. The Bertz CT molecular complexity index is 584. The molecule has 0 aliphatic heterocycles. The van der Waals surface area contributed by atoms with Crippen molar-refractivity contribution >= 4 is 39.9 Å². The van der Waals surface area contributed by atoms with Crippen LogP contribution in [0.5, 0.6) is 0 Å². The number of aromatic nitrogens is 2. The second kappa shape index (κ2) is 5.34. The van der Waals surface area contributed by atoms with Gasteiger partial charge in [-0.25, -0.2) is 4.39 Å². The number of carbonyl (C=O) groups is 1. The van der Waals surface area contributed by atoms with Crippen molar-refractivity contribution in [2.75, 3.05) is 11.1 Å². The van der Waals surface area contributed by atoms with Crippen LogP contribution >= 0.6 is 22.6 Å². The monoisotopic (exact) mass is 360 g/mol. The van der Waals surface area contributed by atoms with Crippen molar-refractivity contribution in [1.29, 1.82) is 0 Å². The Kier molecular flexibility index (Phi) is 3.80. The van der Waals surface area contributed by atoms with Gasteiger partial charge in [-0.3, -0.25) is 9.48 Å². The SMILES string of the molecule is Nc1ccc(F)c(NC(=O)Cn2cc(I)cn2)c1. The molecule has 3 N–H and O–H groups in total. The molecule has 1 amide bonds. The summed E-state index contributed by atoms with van der Waals surface area (Å²) in [6, 6.07) is 4.02. The van der Waals surface area contributed by atoms with Crippen molar-refractivity contribution in [3.05, 3.63) is 40.0 Å². The maximum Gasteiger partial charge on any atom is 0.246 e. The third-order valence-electron chi connectivity index (χ3n) is 2.17. The Morgan fingerprint density at radius 3 is 3.00 bits per heavy atom. The van der Waals surface area contributed by atoms with Gasteiger partial charge in [0.1, 0.15) is 12.4 Å². The number of carbonyl (C=O) groups excluding carboxylic acids is 1. The van der Waals surface area contributed by atoms with Crippen molar-refractivity contribution in [1.82, 2.24) is 9.78 Å². The first-order valence-corrected chi connectivity index (χ1v) is 6.15. The summed E-state index contributed by atoms with van der Waals surface area (Å²) in [5.74, 6) is -0.883. The van der Waals surface area contributed by atoms with E-state index in [4.69, 9.17) is 5.73 Å². The maximum atomic E-state index is 13.4. The molecule has 0 bridgehead atoms. The molecule has 0 fully saturated rings. The number of nitrogens with zero attached hydrogens (tertiary/aromatic N) is 2. The first kappa shape index (κ1) is 12.8. The summed E-state index contributed by atoms with van der Waals surface area (Å²) in [5, 5.41) is 6.42. The summed E-state index contributed by atoms with van der Waals surface area (Å²) >= 11 is 2.09. The lowest BCUT2D eigenvalue weighted by Gasteiger charge is -2.07. The lowest BCUT2D eigenvalue weighted by Crippen LogP contribution is -2.19. The van der Waals surface area contributed by atoms with Crippen LogP contribution in [0.3, 0.4) is 0 Å². The second-order valence-corrected chi connectivity index (χ2v) is 4.89. The molecule has 0 aliphatic rings. The highest BCUT2D eigenvalue weighted by Crippen LogP contribution is 2.17. The van der Waals surface area contributed by atoms with Crippen molar-refractivity contribution in [2.45, 2.75) is 6.54 Å². The molecule has 2 aromatic rings. The topological polar surface area (TPSA) is 72.9 Å². The maximum absolute atomic E-state index is 13.4. The van der Waals surface area contributed by atoms with E-state index in [2.05, 4.69) is 33.0 Å². The standard InChI is InChI=1S/C11H10FIN4O/c12-9-2-1-8(14)3-10(9)16-11(18)6-17-5-7(13)4-15-17/h1-5H,6,14H2,(H,16,18). The van der Waals surface area contributed by atoms with Crippen molar-refractivity contribution in [2.24, 2.45) is 0 Å². The van der Waals surface area contributed by atoms with Crippen molar-refractivity contribution in [3.8, 4) is 0 Å². The van der Waals surface area contributed by atoms with Gasteiger partial charge in [0.2, 0.25) is 5.91 Å². The van der Waals surface area contributed by atoms with E-state index in [0.717, 1.165) is 3.57 Å². The summed E-state index contributed by atoms with van der Waals surface area (Å²) in [7, 11) is 0. The van der Waals surface area contributed by atoms with Crippen LogP contribution in [-0.2, 0) is 11.3 Å². The van der Waals surface area contributed by atoms with E-state index in [0.29, 0.717) is 5.69 Å². The quantitative estimate of drug-likeness (QED) is 0.648. The van der Waals surface area contributed by atoms with Gasteiger partial charge in [0.15, 0.2) is 0 Å². The minimum atomic E-state index is -0.521. The van der Waals surface area contributed by atoms with E-state index < -0.39 is 5.82 Å². The van der Waals surface area contributed by atoms with Crippen LogP contribution in [-0.4, -0.2) is 15.7 Å². The fourth-order valence-electron chi connectivity index (χ4n) is 1.40. The number of nitrogens with two attached hydrogens (primary N) is 1. The number of halogens is 2. The molecule has 0 spiro atoms. The van der Waals surface area contributed by atoms with E-state index in [-0.39, 0.29) is 18.1 Å². The fourth-order valence-corrected chi connectivity index (χ4v) is 1.85. The van der Waals surface area contributed by atoms with Crippen LogP contribution in [0.1, 0.15) is 0 Å². The van der Waals surface area contributed by atoms with Gasteiger partial charge in [-0.05, 0) is 40.8 Å². The van der Waals surface area contributed by atoms with E-state index in [1.165, 1.54) is 22.9 Å². The zero-order chi connectivity index (χ0) is 13.1. The van der Waals surface area contributed by atoms with E-state index in [9.17, 15) is 9.18 Å². The minimum Gasteiger partial charge on any atom is -0.399 e. The van der Waals surface area contributed by atoms with Gasteiger partial charge in [-0.15, -0.1) is 0 Å². The third kappa shape index (κ3) is 3.19. The highest BCUT2D eigenvalue weighted by Gasteiger charge is 2.08. The van der Waals surface area contributed by atoms with Gasteiger partial charge in [-0.1, -0.05) is 0 Å². The lowest BCUT2D eigenvalue weighted by molar-refractivity contribution is -0.116. The van der Waals surface area contributed by atoms with E-state index >= 15 is 0 Å².